The molecule has 0 rings (SSSR count). The molecule has 66 valence electrons. The van der Waals surface area contributed by atoms with E-state index in [1.807, 2.05) is 0 Å². The number of unbranched alkanes of at least 4 members (excludes halogenated alkanes) is 7. The maximum atomic E-state index is 3.82. The average Bonchev–Trinajstić information content (AvgIpc) is 1.97. The Labute approximate surface area is 106 Å². The normalized spacial score (nSPS) is 9.27. The van der Waals surface area contributed by atoms with Crippen molar-refractivity contribution in [3.63, 3.8) is 0 Å². The Morgan fingerprint density at radius 3 is 1.73 bits per heavy atom. The quantitative estimate of drug-likeness (QED) is 0.489. The van der Waals surface area contributed by atoms with Crippen molar-refractivity contribution in [2.24, 2.45) is 0 Å². The van der Waals surface area contributed by atoms with Gasteiger partial charge in [-0.15, -0.1) is 0 Å². The second-order valence-corrected chi connectivity index (χ2v) is 2.97. The van der Waals surface area contributed by atoms with E-state index in [1.165, 1.54) is 44.9 Å². The van der Waals surface area contributed by atoms with E-state index in [0.717, 1.165) is 6.42 Å². The molecule has 0 aromatic heterocycles. The van der Waals surface area contributed by atoms with Crippen LogP contribution in [-0.2, 0) is 0 Å². The minimum absolute atomic E-state index is 0. The topological polar surface area (TPSA) is 0 Å². The summed E-state index contributed by atoms with van der Waals surface area (Å²) in [6.45, 7) is 6.08. The molecule has 11 heavy (non-hydrogen) atoms. The Morgan fingerprint density at radius 1 is 0.818 bits per heavy atom. The fourth-order valence-electron chi connectivity index (χ4n) is 1.13. The molecule has 0 aliphatic carbocycles. The Hall–Kier alpha value is 1.38. The van der Waals surface area contributed by atoms with E-state index in [4.69, 9.17) is 0 Å². The number of hydrogen-bond acceptors (Lipinski definition) is 0. The van der Waals surface area contributed by atoms with E-state index in [2.05, 4.69) is 13.8 Å². The average molecular weight is 281 g/mol. The molecule has 0 N–H and O–H groups in total. The first-order valence-electron chi connectivity index (χ1n) is 4.71. The van der Waals surface area contributed by atoms with Crippen LogP contribution in [0.15, 0.2) is 0 Å². The van der Waals surface area contributed by atoms with Crippen molar-refractivity contribution in [2.75, 3.05) is 0 Å². The third-order valence-electron chi connectivity index (χ3n) is 1.85. The zero-order chi connectivity index (χ0) is 7.66. The Kier molecular flexibility index (Phi) is 18.8. The van der Waals surface area contributed by atoms with Crippen LogP contribution in [-0.4, -0.2) is 0 Å². The first-order valence-corrected chi connectivity index (χ1v) is 4.71. The van der Waals surface area contributed by atoms with Gasteiger partial charge in [0.25, 0.3) is 0 Å². The van der Waals surface area contributed by atoms with Crippen molar-refractivity contribution in [1.82, 2.24) is 0 Å². The van der Waals surface area contributed by atoms with Gasteiger partial charge in [-0.3, -0.25) is 0 Å². The first-order chi connectivity index (χ1) is 4.91. The van der Waals surface area contributed by atoms with Gasteiger partial charge in [0.05, 0.1) is 0 Å². The maximum Gasteiger partial charge on any atom is 0 e. The summed E-state index contributed by atoms with van der Waals surface area (Å²) in [6.07, 6.45) is 10.9. The number of rotatable bonds is 7. The molecule has 0 spiro atoms. The molecule has 0 heterocycles. The summed E-state index contributed by atoms with van der Waals surface area (Å²) in [5.74, 6) is 0. The van der Waals surface area contributed by atoms with E-state index in [0.29, 0.717) is 0 Å². The van der Waals surface area contributed by atoms with Gasteiger partial charge in [0.1, 0.15) is 0 Å². The predicted octanol–water partition coefficient (Wildman–Crippen LogP) is 3.96. The van der Waals surface area contributed by atoms with E-state index >= 15 is 0 Å². The number of hydrogen-bond donors (Lipinski definition) is 0. The van der Waals surface area contributed by atoms with Crippen LogP contribution in [0.5, 0.6) is 0 Å². The van der Waals surface area contributed by atoms with E-state index in [-0.39, 0.29) is 41.7 Å². The summed E-state index contributed by atoms with van der Waals surface area (Å²) in [4.78, 5) is 0. The molecule has 0 saturated heterocycles. The van der Waals surface area contributed by atoms with Crippen LogP contribution >= 0.6 is 0 Å². The summed E-state index contributed by atoms with van der Waals surface area (Å²) < 4.78 is 0. The van der Waals surface area contributed by atoms with Gasteiger partial charge in [-0.2, -0.15) is 6.42 Å². The smallest absolute Gasteiger partial charge is 0 e. The molecule has 0 aromatic carbocycles. The standard InChI is InChI=1S/C10H21.Ce/c1-3-5-7-9-10-8-6-4-2;/h1,3-10H2,2H3;/q-1;. The minimum atomic E-state index is 0. The van der Waals surface area contributed by atoms with Crippen LogP contribution in [0.3, 0.4) is 0 Å². The van der Waals surface area contributed by atoms with Gasteiger partial charge in [-0.25, -0.2) is 0 Å². The Balaban J connectivity index is 0. The van der Waals surface area contributed by atoms with Crippen LogP contribution in [0.2, 0.25) is 0 Å². The SMILES string of the molecule is [CH2-]CCCCCCCCC.[Ce]. The Bertz CT molecular complexity index is 44.8. The second-order valence-electron chi connectivity index (χ2n) is 2.97. The van der Waals surface area contributed by atoms with Crippen LogP contribution in [0, 0.1) is 48.7 Å². The van der Waals surface area contributed by atoms with Crippen LogP contribution in [0.1, 0.15) is 58.3 Å². The molecule has 0 aliphatic rings. The minimum Gasteiger partial charge on any atom is -0.343 e. The van der Waals surface area contributed by atoms with Crippen LogP contribution in [0.4, 0.5) is 0 Å². The van der Waals surface area contributed by atoms with Crippen LogP contribution in [0.25, 0.3) is 0 Å². The van der Waals surface area contributed by atoms with Gasteiger partial charge in [0, 0.05) is 41.7 Å². The van der Waals surface area contributed by atoms with Crippen LogP contribution < -0.4 is 0 Å². The maximum absolute atomic E-state index is 3.82. The summed E-state index contributed by atoms with van der Waals surface area (Å²) in [6, 6.07) is 0. The van der Waals surface area contributed by atoms with E-state index in [9.17, 15) is 0 Å². The van der Waals surface area contributed by atoms with Gasteiger partial charge in [0.2, 0.25) is 0 Å². The molecule has 0 unspecified atom stereocenters. The van der Waals surface area contributed by atoms with Gasteiger partial charge >= 0.3 is 0 Å². The molecule has 1 heteroatoms. The molecule has 0 bridgehead atoms. The largest absolute Gasteiger partial charge is 0.343 e. The summed E-state index contributed by atoms with van der Waals surface area (Å²) in [5.41, 5.74) is 0. The summed E-state index contributed by atoms with van der Waals surface area (Å²) in [7, 11) is 0. The van der Waals surface area contributed by atoms with E-state index in [1.54, 1.807) is 0 Å². The summed E-state index contributed by atoms with van der Waals surface area (Å²) in [5, 5.41) is 0. The van der Waals surface area contributed by atoms with Crippen molar-refractivity contribution in [2.45, 2.75) is 58.3 Å². The Morgan fingerprint density at radius 2 is 1.27 bits per heavy atom. The molecule has 0 fully saturated rings. The van der Waals surface area contributed by atoms with Gasteiger partial charge in [-0.05, 0) is 0 Å². The fraction of sp³-hybridized carbons (Fsp3) is 0.900. The molecule has 0 aliphatic heterocycles. The molecule has 0 nitrogen and oxygen atoms in total. The zero-order valence-electron chi connectivity index (χ0n) is 7.86. The molecular weight excluding hydrogens is 260 g/mol. The molecular formula is C10H21Ce-. The van der Waals surface area contributed by atoms with Crippen molar-refractivity contribution in [3.05, 3.63) is 6.92 Å². The molecule has 0 atom stereocenters. The monoisotopic (exact) mass is 281 g/mol. The van der Waals surface area contributed by atoms with Gasteiger partial charge in [-0.1, -0.05) is 51.9 Å². The molecule has 0 saturated carbocycles. The third kappa shape index (κ3) is 14.3. The van der Waals surface area contributed by atoms with Gasteiger partial charge < -0.3 is 6.92 Å². The molecule has 0 amide bonds. The predicted molar refractivity (Wildman–Crippen MR) is 48.0 cm³/mol. The van der Waals surface area contributed by atoms with E-state index < -0.39 is 0 Å². The van der Waals surface area contributed by atoms with Crippen molar-refractivity contribution in [3.8, 4) is 0 Å². The third-order valence-corrected chi connectivity index (χ3v) is 1.85. The van der Waals surface area contributed by atoms with Crippen molar-refractivity contribution >= 4 is 0 Å². The second kappa shape index (κ2) is 13.9. The molecule has 0 radical (unpaired) electrons. The zero-order valence-corrected chi connectivity index (χ0v) is 11.0. The molecule has 0 aromatic rings. The van der Waals surface area contributed by atoms with Crippen molar-refractivity contribution in [1.29, 1.82) is 0 Å². The summed E-state index contributed by atoms with van der Waals surface area (Å²) >= 11 is 0. The fourth-order valence-corrected chi connectivity index (χ4v) is 1.13. The first kappa shape index (κ1) is 14.9. The van der Waals surface area contributed by atoms with Crippen molar-refractivity contribution < 1.29 is 41.7 Å². The van der Waals surface area contributed by atoms with Gasteiger partial charge in [0.15, 0.2) is 0 Å².